The molecule has 0 aliphatic heterocycles. The van der Waals surface area contributed by atoms with Crippen LogP contribution in [-0.4, -0.2) is 17.0 Å². The Kier molecular flexibility index (Phi) is 7.33. The van der Waals surface area contributed by atoms with Crippen molar-refractivity contribution >= 4 is 22.6 Å². The molecule has 9 heavy (non-hydrogen) atoms. The Morgan fingerprint density at radius 3 is 2.67 bits per heavy atom. The highest BCUT2D eigenvalue weighted by Crippen LogP contribution is 1.94. The van der Waals surface area contributed by atoms with E-state index in [0.29, 0.717) is 6.04 Å². The van der Waals surface area contributed by atoms with E-state index in [2.05, 4.69) is 41.8 Å². The lowest BCUT2D eigenvalue weighted by atomic mass is 10.2. The molecule has 56 valence electrons. The Balaban J connectivity index is 2.95. The molecular weight excluding hydrogens is 225 g/mol. The first kappa shape index (κ1) is 9.69. The Morgan fingerprint density at radius 2 is 2.22 bits per heavy atom. The summed E-state index contributed by atoms with van der Waals surface area (Å²) in [6.07, 6.45) is 2.53. The molecule has 1 unspecified atom stereocenters. The quantitative estimate of drug-likeness (QED) is 0.574. The molecule has 0 saturated heterocycles. The van der Waals surface area contributed by atoms with Gasteiger partial charge in [-0.1, -0.05) is 29.5 Å². The molecule has 0 amide bonds. The van der Waals surface area contributed by atoms with Crippen molar-refractivity contribution in [3.8, 4) is 0 Å². The van der Waals surface area contributed by atoms with Crippen LogP contribution in [0.2, 0.25) is 0 Å². The summed E-state index contributed by atoms with van der Waals surface area (Å²) in [5.74, 6) is 0. The number of halogens is 1. The maximum Gasteiger partial charge on any atom is 0.00460 e. The number of nitrogens with one attached hydrogen (secondary N) is 1. The number of hydrogen-bond acceptors (Lipinski definition) is 1. The average Bonchev–Trinajstić information content (AvgIpc) is 1.85. The van der Waals surface area contributed by atoms with Gasteiger partial charge in [0.1, 0.15) is 0 Å². The van der Waals surface area contributed by atoms with Crippen molar-refractivity contribution in [1.82, 2.24) is 5.32 Å². The van der Waals surface area contributed by atoms with Gasteiger partial charge in [-0.2, -0.15) is 0 Å². The van der Waals surface area contributed by atoms with Gasteiger partial charge in [-0.15, -0.1) is 0 Å². The molecule has 1 N–H and O–H groups in total. The molecule has 2 heteroatoms. The van der Waals surface area contributed by atoms with E-state index in [-0.39, 0.29) is 0 Å². The molecule has 0 fully saturated rings. The van der Waals surface area contributed by atoms with Crippen LogP contribution in [0, 0.1) is 0 Å². The van der Waals surface area contributed by atoms with Crippen LogP contribution in [0.15, 0.2) is 0 Å². The van der Waals surface area contributed by atoms with Crippen LogP contribution in [-0.2, 0) is 0 Å². The number of rotatable bonds is 5. The van der Waals surface area contributed by atoms with E-state index >= 15 is 0 Å². The van der Waals surface area contributed by atoms with Gasteiger partial charge in [0.2, 0.25) is 0 Å². The monoisotopic (exact) mass is 241 g/mol. The Hall–Kier alpha value is 0.690. The molecular formula is C7H16IN. The van der Waals surface area contributed by atoms with Gasteiger partial charge in [-0.05, 0) is 26.3 Å². The van der Waals surface area contributed by atoms with Gasteiger partial charge < -0.3 is 5.32 Å². The maximum atomic E-state index is 3.43. The third-order valence-corrected chi connectivity index (χ3v) is 1.91. The Bertz CT molecular complexity index is 56.9. The second-order valence-electron chi connectivity index (χ2n) is 2.33. The summed E-state index contributed by atoms with van der Waals surface area (Å²) in [5.41, 5.74) is 0. The lowest BCUT2D eigenvalue weighted by Crippen LogP contribution is -2.26. The average molecular weight is 241 g/mol. The van der Waals surface area contributed by atoms with Gasteiger partial charge >= 0.3 is 0 Å². The first-order valence-corrected chi connectivity index (χ1v) is 5.13. The van der Waals surface area contributed by atoms with E-state index in [1.165, 1.54) is 17.3 Å². The van der Waals surface area contributed by atoms with Crippen LogP contribution in [0.25, 0.3) is 0 Å². The molecule has 0 heterocycles. The molecule has 0 aromatic rings. The first-order chi connectivity index (χ1) is 4.31. The largest absolute Gasteiger partial charge is 0.314 e. The fraction of sp³-hybridized carbons (Fsp3) is 1.00. The molecule has 0 rings (SSSR count). The fourth-order valence-electron chi connectivity index (χ4n) is 0.656. The summed E-state index contributed by atoms with van der Waals surface area (Å²) in [7, 11) is 0. The Labute approximate surface area is 71.7 Å². The lowest BCUT2D eigenvalue weighted by molar-refractivity contribution is 0.538. The highest BCUT2D eigenvalue weighted by molar-refractivity contribution is 14.1. The maximum absolute atomic E-state index is 3.43. The van der Waals surface area contributed by atoms with Crippen molar-refractivity contribution in [1.29, 1.82) is 0 Å². The van der Waals surface area contributed by atoms with E-state index < -0.39 is 0 Å². The highest BCUT2D eigenvalue weighted by Gasteiger charge is 1.95. The topological polar surface area (TPSA) is 12.0 Å². The van der Waals surface area contributed by atoms with E-state index in [0.717, 1.165) is 6.54 Å². The fourth-order valence-corrected chi connectivity index (χ4v) is 1.59. The predicted octanol–water partition coefficient (Wildman–Crippen LogP) is 2.20. The molecule has 1 atom stereocenters. The zero-order chi connectivity index (χ0) is 7.11. The van der Waals surface area contributed by atoms with Crippen LogP contribution in [0.3, 0.4) is 0 Å². The van der Waals surface area contributed by atoms with Gasteiger partial charge in [0.05, 0.1) is 0 Å². The van der Waals surface area contributed by atoms with Crippen molar-refractivity contribution < 1.29 is 0 Å². The predicted molar refractivity (Wildman–Crippen MR) is 51.3 cm³/mol. The first-order valence-electron chi connectivity index (χ1n) is 3.60. The molecule has 0 aliphatic carbocycles. The van der Waals surface area contributed by atoms with Gasteiger partial charge in [0.15, 0.2) is 0 Å². The second kappa shape index (κ2) is 6.81. The zero-order valence-electron chi connectivity index (χ0n) is 6.28. The number of alkyl halides is 1. The van der Waals surface area contributed by atoms with E-state index in [1.807, 2.05) is 0 Å². The summed E-state index contributed by atoms with van der Waals surface area (Å²) in [5, 5.41) is 3.43. The van der Waals surface area contributed by atoms with E-state index in [1.54, 1.807) is 0 Å². The summed E-state index contributed by atoms with van der Waals surface area (Å²) in [4.78, 5) is 0. The van der Waals surface area contributed by atoms with Crippen molar-refractivity contribution in [3.63, 3.8) is 0 Å². The third kappa shape index (κ3) is 6.58. The van der Waals surface area contributed by atoms with Gasteiger partial charge in [0, 0.05) is 10.5 Å². The van der Waals surface area contributed by atoms with Crippen LogP contribution >= 0.6 is 22.6 Å². The standard InChI is InChI=1S/C7H16IN/c1-3-6-9-7(2)4-5-8/h7,9H,3-6H2,1-2H3. The van der Waals surface area contributed by atoms with Gasteiger partial charge in [-0.3, -0.25) is 0 Å². The molecule has 0 saturated carbocycles. The van der Waals surface area contributed by atoms with Crippen LogP contribution in [0.5, 0.6) is 0 Å². The minimum atomic E-state index is 0.710. The number of hydrogen-bond donors (Lipinski definition) is 1. The molecule has 1 nitrogen and oxygen atoms in total. The minimum Gasteiger partial charge on any atom is -0.314 e. The lowest BCUT2D eigenvalue weighted by Gasteiger charge is -2.09. The van der Waals surface area contributed by atoms with Crippen LogP contribution in [0.4, 0.5) is 0 Å². The van der Waals surface area contributed by atoms with Gasteiger partial charge in [-0.25, -0.2) is 0 Å². The van der Waals surface area contributed by atoms with Crippen LogP contribution in [0.1, 0.15) is 26.7 Å². The van der Waals surface area contributed by atoms with Crippen molar-refractivity contribution in [2.75, 3.05) is 11.0 Å². The molecule has 0 spiro atoms. The molecule has 0 radical (unpaired) electrons. The summed E-state index contributed by atoms with van der Waals surface area (Å²) >= 11 is 2.41. The smallest absolute Gasteiger partial charge is 0.00460 e. The molecule has 0 aliphatic rings. The third-order valence-electron chi connectivity index (χ3n) is 1.28. The van der Waals surface area contributed by atoms with Crippen molar-refractivity contribution in [2.24, 2.45) is 0 Å². The minimum absolute atomic E-state index is 0.710. The summed E-state index contributed by atoms with van der Waals surface area (Å²) < 4.78 is 1.26. The SMILES string of the molecule is CCCNC(C)CCI. The molecule has 0 bridgehead atoms. The van der Waals surface area contributed by atoms with E-state index in [9.17, 15) is 0 Å². The summed E-state index contributed by atoms with van der Waals surface area (Å²) in [6.45, 7) is 5.61. The summed E-state index contributed by atoms with van der Waals surface area (Å²) in [6, 6.07) is 0.710. The van der Waals surface area contributed by atoms with Crippen molar-refractivity contribution in [3.05, 3.63) is 0 Å². The van der Waals surface area contributed by atoms with E-state index in [4.69, 9.17) is 0 Å². The highest BCUT2D eigenvalue weighted by atomic mass is 127. The molecule has 0 aromatic carbocycles. The van der Waals surface area contributed by atoms with Gasteiger partial charge in [0.25, 0.3) is 0 Å². The zero-order valence-corrected chi connectivity index (χ0v) is 8.44. The second-order valence-corrected chi connectivity index (χ2v) is 3.41. The van der Waals surface area contributed by atoms with Crippen molar-refractivity contribution in [2.45, 2.75) is 32.7 Å². The van der Waals surface area contributed by atoms with Crippen LogP contribution < -0.4 is 5.32 Å². The molecule has 0 aromatic heterocycles. The normalized spacial score (nSPS) is 13.7. The Morgan fingerprint density at radius 1 is 1.56 bits per heavy atom.